The molecule has 0 radical (unpaired) electrons. The summed E-state index contributed by atoms with van der Waals surface area (Å²) in [6.07, 6.45) is 3.22. The zero-order chi connectivity index (χ0) is 25.8. The second-order valence-electron chi connectivity index (χ2n) is 8.50. The van der Waals surface area contributed by atoms with Crippen LogP contribution in [0.5, 0.6) is 5.75 Å². The third-order valence-electron chi connectivity index (χ3n) is 5.99. The molecule has 36 heavy (non-hydrogen) atoms. The second-order valence-corrected chi connectivity index (χ2v) is 8.50. The Morgan fingerprint density at radius 1 is 1.33 bits per heavy atom. The van der Waals surface area contributed by atoms with E-state index in [4.69, 9.17) is 4.74 Å². The van der Waals surface area contributed by atoms with Crippen LogP contribution in [0, 0.1) is 12.7 Å². The van der Waals surface area contributed by atoms with E-state index in [1.54, 1.807) is 17.7 Å². The van der Waals surface area contributed by atoms with Crippen molar-refractivity contribution in [3.8, 4) is 5.75 Å². The number of piperazine rings is 1. The number of aryl methyl sites for hydroxylation is 2. The van der Waals surface area contributed by atoms with Gasteiger partial charge in [-0.15, -0.1) is 0 Å². The Labute approximate surface area is 209 Å². The number of amidine groups is 1. The average molecular weight is 492 g/mol. The molecule has 2 aromatic carbocycles. The van der Waals surface area contributed by atoms with E-state index < -0.39 is 11.7 Å². The van der Waals surface area contributed by atoms with Crippen LogP contribution in [0.15, 0.2) is 53.2 Å². The number of halogens is 1. The van der Waals surface area contributed by atoms with Gasteiger partial charge in [-0.1, -0.05) is 12.6 Å². The number of nitrogens with one attached hydrogen (secondary N) is 2. The third-order valence-corrected chi connectivity index (χ3v) is 5.99. The highest BCUT2D eigenvalue weighted by atomic mass is 19.1. The van der Waals surface area contributed by atoms with Gasteiger partial charge in [0, 0.05) is 51.0 Å². The monoisotopic (exact) mass is 491 g/mol. The number of aliphatic imine (C=N–C) groups is 2. The fraction of sp³-hybridized carbons (Fsp3) is 0.308. The quantitative estimate of drug-likeness (QED) is 0.407. The second kappa shape index (κ2) is 10.7. The van der Waals surface area contributed by atoms with Crippen LogP contribution in [-0.2, 0) is 11.8 Å². The maximum atomic E-state index is 14.7. The predicted molar refractivity (Wildman–Crippen MR) is 142 cm³/mol. The van der Waals surface area contributed by atoms with Crippen LogP contribution in [0.2, 0.25) is 0 Å². The highest BCUT2D eigenvalue weighted by Gasteiger charge is 2.23. The van der Waals surface area contributed by atoms with E-state index in [1.165, 1.54) is 25.4 Å². The van der Waals surface area contributed by atoms with Crippen molar-refractivity contribution in [1.29, 1.82) is 0 Å². The van der Waals surface area contributed by atoms with Gasteiger partial charge in [0.1, 0.15) is 17.3 Å². The smallest absolute Gasteiger partial charge is 0.269 e. The molecular formula is C26H30FN7O2. The Balaban J connectivity index is 1.73. The van der Waals surface area contributed by atoms with Crippen LogP contribution in [0.3, 0.4) is 0 Å². The Hall–Kier alpha value is -4.05. The first kappa shape index (κ1) is 25.1. The number of aromatic nitrogens is 2. The van der Waals surface area contributed by atoms with Crippen LogP contribution >= 0.6 is 0 Å². The third kappa shape index (κ3) is 4.99. The number of fused-ring (bicyclic) bond motifs is 1. The number of anilines is 2. The van der Waals surface area contributed by atoms with Crippen molar-refractivity contribution in [2.75, 3.05) is 43.5 Å². The summed E-state index contributed by atoms with van der Waals surface area (Å²) >= 11 is 0. The van der Waals surface area contributed by atoms with Gasteiger partial charge in [-0.3, -0.25) is 9.48 Å². The molecule has 1 aliphatic heterocycles. The van der Waals surface area contributed by atoms with E-state index in [0.29, 0.717) is 5.69 Å². The lowest BCUT2D eigenvalue weighted by Crippen LogP contribution is -2.44. The predicted octanol–water partition coefficient (Wildman–Crippen LogP) is 3.43. The number of ether oxygens (including phenoxy) is 1. The fourth-order valence-corrected chi connectivity index (χ4v) is 4.33. The molecule has 3 aromatic rings. The molecule has 0 saturated carbocycles. The molecule has 1 amide bonds. The number of hydrogen-bond acceptors (Lipinski definition) is 6. The lowest BCUT2D eigenvalue weighted by atomic mass is 10.1. The molecule has 0 bridgehead atoms. The summed E-state index contributed by atoms with van der Waals surface area (Å²) in [6.45, 7) is 10.4. The first-order valence-electron chi connectivity index (χ1n) is 11.6. The molecule has 188 valence electrons. The molecule has 0 aliphatic carbocycles. The Morgan fingerprint density at radius 3 is 2.78 bits per heavy atom. The van der Waals surface area contributed by atoms with E-state index in [1.807, 2.05) is 26.2 Å². The molecule has 2 N–H and O–H groups in total. The summed E-state index contributed by atoms with van der Waals surface area (Å²) in [4.78, 5) is 24.0. The minimum Gasteiger partial charge on any atom is -0.496 e. The number of carbonyl (C=O) groups is 1. The summed E-state index contributed by atoms with van der Waals surface area (Å²) in [7, 11) is 3.31. The maximum absolute atomic E-state index is 14.7. The van der Waals surface area contributed by atoms with Gasteiger partial charge >= 0.3 is 0 Å². The van der Waals surface area contributed by atoms with Crippen molar-refractivity contribution in [3.05, 3.63) is 60.2 Å². The van der Waals surface area contributed by atoms with Gasteiger partial charge in [0.2, 0.25) is 0 Å². The summed E-state index contributed by atoms with van der Waals surface area (Å²) in [5.41, 5.74) is 3.58. The van der Waals surface area contributed by atoms with Gasteiger partial charge in [0.25, 0.3) is 5.91 Å². The molecule has 0 spiro atoms. The van der Waals surface area contributed by atoms with Gasteiger partial charge in [0.15, 0.2) is 5.84 Å². The minimum absolute atomic E-state index is 0.00572. The number of nitrogens with zero attached hydrogens (tertiary/aromatic N) is 5. The first-order chi connectivity index (χ1) is 17.3. The van der Waals surface area contributed by atoms with Crippen molar-refractivity contribution in [2.45, 2.75) is 13.8 Å². The Kier molecular flexibility index (Phi) is 7.44. The highest BCUT2D eigenvalue weighted by Crippen LogP contribution is 2.37. The minimum atomic E-state index is -0.564. The van der Waals surface area contributed by atoms with E-state index in [0.717, 1.165) is 48.3 Å². The van der Waals surface area contributed by atoms with Crippen molar-refractivity contribution in [3.63, 3.8) is 0 Å². The van der Waals surface area contributed by atoms with Crippen LogP contribution < -0.4 is 20.3 Å². The first-order valence-corrected chi connectivity index (χ1v) is 11.6. The maximum Gasteiger partial charge on any atom is 0.269 e. The van der Waals surface area contributed by atoms with Gasteiger partial charge in [-0.25, -0.2) is 14.4 Å². The van der Waals surface area contributed by atoms with E-state index in [2.05, 4.69) is 37.2 Å². The fourth-order valence-electron chi connectivity index (χ4n) is 4.33. The van der Waals surface area contributed by atoms with Gasteiger partial charge in [-0.05, 0) is 37.6 Å². The van der Waals surface area contributed by atoms with Crippen LogP contribution in [0.1, 0.15) is 18.1 Å². The SMILES string of the molecule is C=CN=C(N=C(C)C(=O)Nc1cc(C)c2nn(C)cc2c1N1CCNCC1)c1c(F)cccc1OC. The molecule has 0 atom stereocenters. The molecule has 1 fully saturated rings. The lowest BCUT2D eigenvalue weighted by molar-refractivity contribution is -0.110. The van der Waals surface area contributed by atoms with Crippen LogP contribution in [-0.4, -0.2) is 60.5 Å². The van der Waals surface area contributed by atoms with E-state index in [9.17, 15) is 9.18 Å². The van der Waals surface area contributed by atoms with Gasteiger partial charge in [0.05, 0.1) is 29.6 Å². The summed E-state index contributed by atoms with van der Waals surface area (Å²) in [5, 5.41) is 12.0. The average Bonchev–Trinajstić information content (AvgIpc) is 3.26. The number of methoxy groups -OCH3 is 1. The highest BCUT2D eigenvalue weighted by molar-refractivity contribution is 6.44. The van der Waals surface area contributed by atoms with Gasteiger partial charge in [-0.2, -0.15) is 5.10 Å². The molecule has 1 aromatic heterocycles. The molecule has 10 heteroatoms. The molecule has 0 unspecified atom stereocenters. The van der Waals surface area contributed by atoms with Crippen molar-refractivity contribution < 1.29 is 13.9 Å². The number of hydrogen-bond donors (Lipinski definition) is 2. The molecule has 4 rings (SSSR count). The molecule has 1 aliphatic rings. The number of rotatable bonds is 6. The number of benzene rings is 2. The molecule has 9 nitrogen and oxygen atoms in total. The Morgan fingerprint density at radius 2 is 2.08 bits per heavy atom. The van der Waals surface area contributed by atoms with Crippen LogP contribution in [0.4, 0.5) is 15.8 Å². The topological polar surface area (TPSA) is 96.1 Å². The van der Waals surface area contributed by atoms with Crippen molar-refractivity contribution >= 4 is 39.7 Å². The standard InChI is InChI=1S/C26H30FN7O2/c1-6-29-25(22-19(27)8-7-9-21(22)36-5)30-17(3)26(35)31-20-14-16(2)23-18(15-33(4)32-23)24(20)34-12-10-28-11-13-34/h6-9,14-15,28H,1,10-13H2,2-5H3,(H,31,35). The number of carbonyl (C=O) groups excluding carboxylic acids is 1. The summed E-state index contributed by atoms with van der Waals surface area (Å²) in [6, 6.07) is 6.35. The zero-order valence-electron chi connectivity index (χ0n) is 20.9. The van der Waals surface area contributed by atoms with E-state index in [-0.39, 0.29) is 22.9 Å². The Bertz CT molecular complexity index is 1370. The van der Waals surface area contributed by atoms with Crippen molar-refractivity contribution in [1.82, 2.24) is 15.1 Å². The van der Waals surface area contributed by atoms with Crippen LogP contribution in [0.25, 0.3) is 10.9 Å². The van der Waals surface area contributed by atoms with Crippen molar-refractivity contribution in [2.24, 2.45) is 17.0 Å². The zero-order valence-corrected chi connectivity index (χ0v) is 20.9. The number of amides is 1. The van der Waals surface area contributed by atoms with Gasteiger partial charge < -0.3 is 20.3 Å². The summed E-state index contributed by atoms with van der Waals surface area (Å²) in [5.74, 6) is -0.744. The normalized spacial score (nSPS) is 14.8. The van der Waals surface area contributed by atoms with E-state index >= 15 is 0 Å². The largest absolute Gasteiger partial charge is 0.496 e. The lowest BCUT2D eigenvalue weighted by Gasteiger charge is -2.32. The summed E-state index contributed by atoms with van der Waals surface area (Å²) < 4.78 is 21.7. The molecule has 1 saturated heterocycles. The molecule has 2 heterocycles. The molecular weight excluding hydrogens is 461 g/mol.